The van der Waals surface area contributed by atoms with Crippen LogP contribution in [0, 0.1) is 11.3 Å². The van der Waals surface area contributed by atoms with E-state index in [2.05, 4.69) is 10.3 Å². The van der Waals surface area contributed by atoms with E-state index in [1.807, 2.05) is 37.3 Å². The predicted molar refractivity (Wildman–Crippen MR) is 74.3 cm³/mol. The lowest BCUT2D eigenvalue weighted by molar-refractivity contribution is 0.340. The molecular weight excluding hydrogens is 240 g/mol. The lowest BCUT2D eigenvalue weighted by atomic mass is 10.2. The minimum Gasteiger partial charge on any atom is -0.494 e. The van der Waals surface area contributed by atoms with Crippen LogP contribution in [0.5, 0.6) is 5.75 Å². The molecule has 0 radical (unpaired) electrons. The summed E-state index contributed by atoms with van der Waals surface area (Å²) in [4.78, 5) is 4.13. The van der Waals surface area contributed by atoms with Gasteiger partial charge in [0, 0.05) is 18.0 Å². The van der Waals surface area contributed by atoms with Crippen molar-refractivity contribution < 1.29 is 4.74 Å². The van der Waals surface area contributed by atoms with Gasteiger partial charge in [0.25, 0.3) is 0 Å². The molecule has 0 aliphatic heterocycles. The lowest BCUT2D eigenvalue weighted by Gasteiger charge is -2.10. The van der Waals surface area contributed by atoms with Crippen molar-refractivity contribution in [2.45, 2.75) is 6.92 Å². The van der Waals surface area contributed by atoms with Crippen molar-refractivity contribution in [3.8, 4) is 11.8 Å². The Bertz CT molecular complexity index is 619. The van der Waals surface area contributed by atoms with Crippen LogP contribution in [0.3, 0.4) is 0 Å². The molecule has 1 aromatic carbocycles. The first-order valence-corrected chi connectivity index (χ1v) is 5.89. The van der Waals surface area contributed by atoms with Crippen molar-refractivity contribution in [2.24, 2.45) is 0 Å². The normalized spacial score (nSPS) is 9.68. The van der Waals surface area contributed by atoms with Gasteiger partial charge in [-0.05, 0) is 25.1 Å². The van der Waals surface area contributed by atoms with Gasteiger partial charge < -0.3 is 15.8 Å². The summed E-state index contributed by atoms with van der Waals surface area (Å²) in [6.45, 7) is 2.53. The number of nitrogens with one attached hydrogen (secondary N) is 1. The fourth-order valence-corrected chi connectivity index (χ4v) is 1.64. The van der Waals surface area contributed by atoms with Crippen LogP contribution in [0.25, 0.3) is 0 Å². The predicted octanol–water partition coefficient (Wildman–Crippen LogP) is 2.68. The lowest BCUT2D eigenvalue weighted by Crippen LogP contribution is -2.01. The summed E-state index contributed by atoms with van der Waals surface area (Å²) in [5.41, 5.74) is 7.41. The van der Waals surface area contributed by atoms with Gasteiger partial charge in [-0.15, -0.1) is 0 Å². The van der Waals surface area contributed by atoms with Crippen molar-refractivity contribution in [3.05, 3.63) is 42.1 Å². The molecular formula is C14H14N4O. The molecule has 0 aliphatic carbocycles. The number of pyridine rings is 1. The SMILES string of the molecule is CCOc1cccc(Nc2nccc(C#N)c2N)c1. The third-order valence-electron chi connectivity index (χ3n) is 2.52. The molecule has 0 spiro atoms. The van der Waals surface area contributed by atoms with Crippen LogP contribution in [0.4, 0.5) is 17.2 Å². The van der Waals surface area contributed by atoms with E-state index in [9.17, 15) is 0 Å². The molecule has 19 heavy (non-hydrogen) atoms. The maximum Gasteiger partial charge on any atom is 0.154 e. The van der Waals surface area contributed by atoms with E-state index in [0.29, 0.717) is 23.7 Å². The monoisotopic (exact) mass is 254 g/mol. The van der Waals surface area contributed by atoms with Gasteiger partial charge in [0.15, 0.2) is 5.82 Å². The van der Waals surface area contributed by atoms with Crippen molar-refractivity contribution in [1.82, 2.24) is 4.98 Å². The third kappa shape index (κ3) is 2.93. The summed E-state index contributed by atoms with van der Waals surface area (Å²) in [5.74, 6) is 1.23. The van der Waals surface area contributed by atoms with Gasteiger partial charge in [-0.3, -0.25) is 0 Å². The van der Waals surface area contributed by atoms with Crippen LogP contribution < -0.4 is 15.8 Å². The molecule has 0 atom stereocenters. The van der Waals surface area contributed by atoms with Crippen molar-refractivity contribution in [3.63, 3.8) is 0 Å². The molecule has 0 unspecified atom stereocenters. The number of hydrogen-bond donors (Lipinski definition) is 2. The van der Waals surface area contributed by atoms with Gasteiger partial charge in [0.1, 0.15) is 11.8 Å². The van der Waals surface area contributed by atoms with Gasteiger partial charge in [-0.1, -0.05) is 6.07 Å². The van der Waals surface area contributed by atoms with Crippen LogP contribution in [-0.2, 0) is 0 Å². The Morgan fingerprint density at radius 1 is 1.42 bits per heavy atom. The molecule has 1 heterocycles. The Kier molecular flexibility index (Phi) is 3.84. The molecule has 0 aliphatic rings. The summed E-state index contributed by atoms with van der Waals surface area (Å²) in [7, 11) is 0. The molecule has 96 valence electrons. The van der Waals surface area contributed by atoms with E-state index in [4.69, 9.17) is 15.7 Å². The third-order valence-corrected chi connectivity index (χ3v) is 2.52. The fourth-order valence-electron chi connectivity index (χ4n) is 1.64. The highest BCUT2D eigenvalue weighted by Gasteiger charge is 2.06. The van der Waals surface area contributed by atoms with E-state index in [1.54, 1.807) is 12.3 Å². The summed E-state index contributed by atoms with van der Waals surface area (Å²) in [5, 5.41) is 12.0. The summed E-state index contributed by atoms with van der Waals surface area (Å²) >= 11 is 0. The van der Waals surface area contributed by atoms with Crippen molar-refractivity contribution in [1.29, 1.82) is 5.26 Å². The first-order chi connectivity index (χ1) is 9.24. The summed E-state index contributed by atoms with van der Waals surface area (Å²) < 4.78 is 5.42. The van der Waals surface area contributed by atoms with Gasteiger partial charge in [-0.2, -0.15) is 5.26 Å². The number of nitriles is 1. The Labute approximate surface area is 111 Å². The number of anilines is 3. The smallest absolute Gasteiger partial charge is 0.154 e. The van der Waals surface area contributed by atoms with Crippen LogP contribution >= 0.6 is 0 Å². The van der Waals surface area contributed by atoms with Gasteiger partial charge in [0.2, 0.25) is 0 Å². The summed E-state index contributed by atoms with van der Waals surface area (Å²) in [6.07, 6.45) is 1.55. The Balaban J connectivity index is 2.26. The average molecular weight is 254 g/mol. The van der Waals surface area contributed by atoms with Crippen LogP contribution in [0.15, 0.2) is 36.5 Å². The zero-order valence-corrected chi connectivity index (χ0v) is 10.6. The first kappa shape index (κ1) is 12.7. The minimum absolute atomic E-state index is 0.340. The standard InChI is InChI=1S/C14H14N4O/c1-2-19-12-5-3-4-11(8-12)18-14-13(16)10(9-15)6-7-17-14/h3-8H,2,16H2,1H3,(H,17,18). The highest BCUT2D eigenvalue weighted by atomic mass is 16.5. The first-order valence-electron chi connectivity index (χ1n) is 5.89. The van der Waals surface area contributed by atoms with Crippen molar-refractivity contribution >= 4 is 17.2 Å². The second-order valence-corrected chi connectivity index (χ2v) is 3.82. The highest BCUT2D eigenvalue weighted by Crippen LogP contribution is 2.25. The minimum atomic E-state index is 0.340. The molecule has 0 amide bonds. The summed E-state index contributed by atoms with van der Waals surface area (Å²) in [6, 6.07) is 11.1. The van der Waals surface area contributed by atoms with Crippen LogP contribution in [0.2, 0.25) is 0 Å². The van der Waals surface area contributed by atoms with Crippen LogP contribution in [0.1, 0.15) is 12.5 Å². The Morgan fingerprint density at radius 3 is 3.00 bits per heavy atom. The van der Waals surface area contributed by atoms with E-state index < -0.39 is 0 Å². The highest BCUT2D eigenvalue weighted by molar-refractivity contribution is 5.73. The second kappa shape index (κ2) is 5.74. The molecule has 1 aromatic heterocycles. The molecule has 0 saturated carbocycles. The fraction of sp³-hybridized carbons (Fsp3) is 0.143. The molecule has 0 fully saturated rings. The number of ether oxygens (including phenoxy) is 1. The molecule has 3 N–H and O–H groups in total. The quantitative estimate of drug-likeness (QED) is 0.876. The number of hydrogen-bond acceptors (Lipinski definition) is 5. The number of rotatable bonds is 4. The Morgan fingerprint density at radius 2 is 2.26 bits per heavy atom. The molecule has 0 saturated heterocycles. The van der Waals surface area contributed by atoms with Crippen molar-refractivity contribution in [2.75, 3.05) is 17.7 Å². The zero-order valence-electron chi connectivity index (χ0n) is 10.6. The second-order valence-electron chi connectivity index (χ2n) is 3.82. The van der Waals surface area contributed by atoms with Crippen LogP contribution in [-0.4, -0.2) is 11.6 Å². The van der Waals surface area contributed by atoms with E-state index in [1.165, 1.54) is 0 Å². The Hall–Kier alpha value is -2.74. The number of nitrogen functional groups attached to an aromatic ring is 1. The van der Waals surface area contributed by atoms with E-state index in [-0.39, 0.29) is 0 Å². The molecule has 5 nitrogen and oxygen atoms in total. The number of aromatic nitrogens is 1. The maximum absolute atomic E-state index is 8.92. The van der Waals surface area contributed by atoms with Gasteiger partial charge in [-0.25, -0.2) is 4.98 Å². The zero-order chi connectivity index (χ0) is 13.7. The average Bonchev–Trinajstić information content (AvgIpc) is 2.42. The van der Waals surface area contributed by atoms with Gasteiger partial charge >= 0.3 is 0 Å². The molecule has 2 aromatic rings. The topological polar surface area (TPSA) is 84.0 Å². The number of benzene rings is 1. The van der Waals surface area contributed by atoms with Gasteiger partial charge in [0.05, 0.1) is 17.9 Å². The largest absolute Gasteiger partial charge is 0.494 e. The van der Waals surface area contributed by atoms with E-state index in [0.717, 1.165) is 11.4 Å². The van der Waals surface area contributed by atoms with E-state index >= 15 is 0 Å². The number of nitrogens with zero attached hydrogens (tertiary/aromatic N) is 2. The molecule has 2 rings (SSSR count). The number of nitrogens with two attached hydrogens (primary N) is 1. The maximum atomic E-state index is 8.92. The molecule has 5 heteroatoms. The molecule has 0 bridgehead atoms.